The molecule has 0 fully saturated rings. The maximum atomic E-state index is 10.7. The third-order valence-corrected chi connectivity index (χ3v) is 2.61. The Kier molecular flexibility index (Phi) is 5.83. The molecular weight excluding hydrogens is 242 g/mol. The van der Waals surface area contributed by atoms with E-state index in [1.165, 1.54) is 0 Å². The third kappa shape index (κ3) is 6.82. The monoisotopic (exact) mass is 265 g/mol. The highest BCUT2D eigenvalue weighted by Crippen LogP contribution is 2.14. The van der Waals surface area contributed by atoms with Crippen LogP contribution >= 0.6 is 0 Å². The molecule has 0 aliphatic carbocycles. The number of carboxylic acid groups (broad SMARTS) is 1. The SMILES string of the molecule is CC(C)(C)OCCN(CCC(=O)O)c1ccccc1. The van der Waals surface area contributed by atoms with Crippen LogP contribution in [0.2, 0.25) is 0 Å². The highest BCUT2D eigenvalue weighted by molar-refractivity contribution is 5.67. The molecule has 0 radical (unpaired) electrons. The van der Waals surface area contributed by atoms with Crippen molar-refractivity contribution >= 4 is 11.7 Å². The van der Waals surface area contributed by atoms with Crippen molar-refractivity contribution in [3.63, 3.8) is 0 Å². The molecule has 0 aliphatic rings. The van der Waals surface area contributed by atoms with Crippen molar-refractivity contribution in [1.82, 2.24) is 0 Å². The van der Waals surface area contributed by atoms with Crippen molar-refractivity contribution in [3.8, 4) is 0 Å². The van der Waals surface area contributed by atoms with Gasteiger partial charge in [-0.1, -0.05) is 18.2 Å². The smallest absolute Gasteiger partial charge is 0.305 e. The largest absolute Gasteiger partial charge is 0.481 e. The number of rotatable bonds is 7. The van der Waals surface area contributed by atoms with E-state index in [1.807, 2.05) is 56.0 Å². The van der Waals surface area contributed by atoms with Crippen LogP contribution in [0.4, 0.5) is 5.69 Å². The first-order valence-corrected chi connectivity index (χ1v) is 6.54. The highest BCUT2D eigenvalue weighted by atomic mass is 16.5. The molecule has 0 bridgehead atoms. The molecule has 0 unspecified atom stereocenters. The Morgan fingerprint density at radius 2 is 1.84 bits per heavy atom. The van der Waals surface area contributed by atoms with Crippen LogP contribution in [0.25, 0.3) is 0 Å². The van der Waals surface area contributed by atoms with E-state index in [9.17, 15) is 4.79 Å². The van der Waals surface area contributed by atoms with Gasteiger partial charge in [0.1, 0.15) is 0 Å². The van der Waals surface area contributed by atoms with Gasteiger partial charge in [-0.25, -0.2) is 0 Å². The van der Waals surface area contributed by atoms with E-state index in [1.54, 1.807) is 0 Å². The van der Waals surface area contributed by atoms with Gasteiger partial charge in [0.2, 0.25) is 0 Å². The number of benzene rings is 1. The van der Waals surface area contributed by atoms with Crippen molar-refractivity contribution in [2.24, 2.45) is 0 Å². The maximum Gasteiger partial charge on any atom is 0.305 e. The van der Waals surface area contributed by atoms with Crippen LogP contribution < -0.4 is 4.90 Å². The van der Waals surface area contributed by atoms with Crippen molar-refractivity contribution in [3.05, 3.63) is 30.3 Å². The molecule has 0 saturated carbocycles. The first-order valence-electron chi connectivity index (χ1n) is 6.54. The van der Waals surface area contributed by atoms with Crippen LogP contribution in [0, 0.1) is 0 Å². The summed E-state index contributed by atoms with van der Waals surface area (Å²) in [6, 6.07) is 9.82. The second kappa shape index (κ2) is 7.14. The molecule has 4 heteroatoms. The zero-order valence-electron chi connectivity index (χ0n) is 11.9. The Morgan fingerprint density at radius 3 is 2.37 bits per heavy atom. The second-order valence-corrected chi connectivity index (χ2v) is 5.43. The van der Waals surface area contributed by atoms with Gasteiger partial charge in [0, 0.05) is 18.8 Å². The zero-order chi connectivity index (χ0) is 14.3. The van der Waals surface area contributed by atoms with E-state index < -0.39 is 5.97 Å². The van der Waals surface area contributed by atoms with Gasteiger partial charge in [0.25, 0.3) is 0 Å². The molecule has 0 amide bonds. The molecule has 1 aromatic rings. The minimum atomic E-state index is -0.780. The molecule has 0 aliphatic heterocycles. The Morgan fingerprint density at radius 1 is 1.21 bits per heavy atom. The Hall–Kier alpha value is -1.55. The Bertz CT molecular complexity index is 384. The molecule has 106 valence electrons. The Labute approximate surface area is 115 Å². The van der Waals surface area contributed by atoms with E-state index in [2.05, 4.69) is 0 Å². The van der Waals surface area contributed by atoms with Crippen molar-refractivity contribution in [2.45, 2.75) is 32.8 Å². The van der Waals surface area contributed by atoms with Gasteiger partial charge in [-0.2, -0.15) is 0 Å². The lowest BCUT2D eigenvalue weighted by molar-refractivity contribution is -0.136. The van der Waals surface area contributed by atoms with Crippen LogP contribution in [0.1, 0.15) is 27.2 Å². The topological polar surface area (TPSA) is 49.8 Å². The first kappa shape index (κ1) is 15.5. The van der Waals surface area contributed by atoms with E-state index in [4.69, 9.17) is 9.84 Å². The number of aliphatic carboxylic acids is 1. The summed E-state index contributed by atoms with van der Waals surface area (Å²) in [5.41, 5.74) is 0.857. The third-order valence-electron chi connectivity index (χ3n) is 2.61. The molecular formula is C15H23NO3. The lowest BCUT2D eigenvalue weighted by Gasteiger charge is -2.27. The van der Waals surface area contributed by atoms with E-state index >= 15 is 0 Å². The molecule has 1 aromatic carbocycles. The zero-order valence-corrected chi connectivity index (χ0v) is 11.9. The number of anilines is 1. The minimum Gasteiger partial charge on any atom is -0.481 e. The quantitative estimate of drug-likeness (QED) is 0.823. The number of ether oxygens (including phenoxy) is 1. The van der Waals surface area contributed by atoms with E-state index in [0.29, 0.717) is 19.7 Å². The molecule has 0 heterocycles. The lowest BCUT2D eigenvalue weighted by Crippen LogP contribution is -2.32. The molecule has 19 heavy (non-hydrogen) atoms. The average Bonchev–Trinajstić information content (AvgIpc) is 2.33. The predicted octanol–water partition coefficient (Wildman–Crippen LogP) is 2.78. The predicted molar refractivity (Wildman–Crippen MR) is 76.6 cm³/mol. The Balaban J connectivity index is 2.57. The number of para-hydroxylation sites is 1. The van der Waals surface area contributed by atoms with Crippen LogP contribution in [0.15, 0.2) is 30.3 Å². The summed E-state index contributed by atoms with van der Waals surface area (Å²) in [6.07, 6.45) is 0.129. The summed E-state index contributed by atoms with van der Waals surface area (Å²) in [6.45, 7) is 7.80. The summed E-state index contributed by atoms with van der Waals surface area (Å²) in [7, 11) is 0. The van der Waals surface area contributed by atoms with Gasteiger partial charge in [-0.05, 0) is 32.9 Å². The van der Waals surface area contributed by atoms with Crippen LogP contribution in [-0.2, 0) is 9.53 Å². The van der Waals surface area contributed by atoms with E-state index in [-0.39, 0.29) is 12.0 Å². The first-order chi connectivity index (χ1) is 8.88. The standard InChI is InChI=1S/C15H23NO3/c1-15(2,3)19-12-11-16(10-9-14(17)18)13-7-5-4-6-8-13/h4-8H,9-12H2,1-3H3,(H,17,18). The highest BCUT2D eigenvalue weighted by Gasteiger charge is 2.12. The van der Waals surface area contributed by atoms with Crippen LogP contribution in [0.5, 0.6) is 0 Å². The van der Waals surface area contributed by atoms with Crippen molar-refractivity contribution in [1.29, 1.82) is 0 Å². The number of nitrogens with zero attached hydrogens (tertiary/aromatic N) is 1. The van der Waals surface area contributed by atoms with Crippen LogP contribution in [0.3, 0.4) is 0 Å². The molecule has 1 N–H and O–H groups in total. The fourth-order valence-electron chi connectivity index (χ4n) is 1.70. The minimum absolute atomic E-state index is 0.129. The molecule has 4 nitrogen and oxygen atoms in total. The molecule has 0 atom stereocenters. The van der Waals surface area contributed by atoms with Crippen molar-refractivity contribution in [2.75, 3.05) is 24.6 Å². The summed E-state index contributed by atoms with van der Waals surface area (Å²) in [5.74, 6) is -0.780. The number of hydrogen-bond acceptors (Lipinski definition) is 3. The van der Waals surface area contributed by atoms with Gasteiger partial charge >= 0.3 is 5.97 Å². The summed E-state index contributed by atoms with van der Waals surface area (Å²) in [5, 5.41) is 8.81. The summed E-state index contributed by atoms with van der Waals surface area (Å²) in [4.78, 5) is 12.8. The normalized spacial score (nSPS) is 11.3. The van der Waals surface area contributed by atoms with Gasteiger partial charge in [0.05, 0.1) is 18.6 Å². The van der Waals surface area contributed by atoms with Gasteiger partial charge < -0.3 is 14.7 Å². The molecule has 0 aromatic heterocycles. The fraction of sp³-hybridized carbons (Fsp3) is 0.533. The maximum absolute atomic E-state index is 10.7. The number of carbonyl (C=O) groups is 1. The fourth-order valence-corrected chi connectivity index (χ4v) is 1.70. The van der Waals surface area contributed by atoms with Gasteiger partial charge in [0.15, 0.2) is 0 Å². The van der Waals surface area contributed by atoms with Crippen LogP contribution in [-0.4, -0.2) is 36.4 Å². The number of carboxylic acids is 1. The van der Waals surface area contributed by atoms with Crippen molar-refractivity contribution < 1.29 is 14.6 Å². The molecule has 1 rings (SSSR count). The number of hydrogen-bond donors (Lipinski definition) is 1. The van der Waals surface area contributed by atoms with Gasteiger partial charge in [-0.3, -0.25) is 4.79 Å². The van der Waals surface area contributed by atoms with E-state index in [0.717, 1.165) is 5.69 Å². The average molecular weight is 265 g/mol. The second-order valence-electron chi connectivity index (χ2n) is 5.43. The molecule has 0 saturated heterocycles. The lowest BCUT2D eigenvalue weighted by atomic mass is 10.2. The summed E-state index contributed by atoms with van der Waals surface area (Å²) >= 11 is 0. The van der Waals surface area contributed by atoms with Gasteiger partial charge in [-0.15, -0.1) is 0 Å². The summed E-state index contributed by atoms with van der Waals surface area (Å²) < 4.78 is 5.70. The molecule has 0 spiro atoms.